The Balaban J connectivity index is 1.57. The molecule has 2 bridgehead atoms. The Morgan fingerprint density at radius 1 is 1.19 bits per heavy atom. The fourth-order valence-corrected chi connectivity index (χ4v) is 3.77. The van der Waals surface area contributed by atoms with E-state index in [1.165, 1.54) is 4.90 Å². The van der Waals surface area contributed by atoms with Crippen molar-refractivity contribution in [1.29, 1.82) is 0 Å². The molecule has 0 radical (unpaired) electrons. The van der Waals surface area contributed by atoms with Crippen molar-refractivity contribution < 1.29 is 24.2 Å². The zero-order valence-corrected chi connectivity index (χ0v) is 15.4. The van der Waals surface area contributed by atoms with Gasteiger partial charge in [-0.2, -0.15) is 0 Å². The predicted octanol–water partition coefficient (Wildman–Crippen LogP) is 2.43. The van der Waals surface area contributed by atoms with Gasteiger partial charge in [-0.15, -0.1) is 0 Å². The Kier molecular flexibility index (Phi) is 4.60. The molecule has 2 heterocycles. The molecule has 2 amide bonds. The van der Waals surface area contributed by atoms with E-state index < -0.39 is 28.9 Å². The molecule has 0 atom stereocenters. The zero-order chi connectivity index (χ0) is 19.0. The zero-order valence-electron chi connectivity index (χ0n) is 15.4. The van der Waals surface area contributed by atoms with Gasteiger partial charge < -0.3 is 24.8 Å². The molecule has 26 heavy (non-hydrogen) atoms. The SMILES string of the molecule is CC(C)(C)OC(=O)N1CC2(O)CC(NC(=O)OCc3ccccc3)(C1)C2. The van der Waals surface area contributed by atoms with Crippen LogP contribution in [0.3, 0.4) is 0 Å². The quantitative estimate of drug-likeness (QED) is 0.862. The first kappa shape index (κ1) is 18.5. The van der Waals surface area contributed by atoms with Crippen LogP contribution in [0.25, 0.3) is 0 Å². The molecule has 1 aromatic carbocycles. The number of hydrogen-bond acceptors (Lipinski definition) is 5. The van der Waals surface area contributed by atoms with Gasteiger partial charge in [0.2, 0.25) is 0 Å². The highest BCUT2D eigenvalue weighted by Gasteiger charge is 2.61. The Morgan fingerprint density at radius 3 is 2.46 bits per heavy atom. The van der Waals surface area contributed by atoms with Gasteiger partial charge in [0.1, 0.15) is 12.2 Å². The maximum atomic E-state index is 12.3. The summed E-state index contributed by atoms with van der Waals surface area (Å²) in [5.41, 5.74) is -1.37. The number of nitrogens with one attached hydrogen (secondary N) is 1. The molecule has 2 N–H and O–H groups in total. The van der Waals surface area contributed by atoms with Crippen LogP contribution in [0.5, 0.6) is 0 Å². The number of hydrogen-bond donors (Lipinski definition) is 2. The molecule has 7 heteroatoms. The maximum Gasteiger partial charge on any atom is 0.410 e. The molecule has 3 aliphatic rings. The average molecular weight is 362 g/mol. The van der Waals surface area contributed by atoms with Crippen molar-refractivity contribution >= 4 is 12.2 Å². The summed E-state index contributed by atoms with van der Waals surface area (Å²) >= 11 is 0. The summed E-state index contributed by atoms with van der Waals surface area (Å²) in [5.74, 6) is 0. The number of rotatable bonds is 3. The van der Waals surface area contributed by atoms with Gasteiger partial charge in [0.25, 0.3) is 0 Å². The van der Waals surface area contributed by atoms with E-state index in [2.05, 4.69) is 5.32 Å². The summed E-state index contributed by atoms with van der Waals surface area (Å²) in [6.45, 7) is 6.05. The molecular formula is C19H26N2O5. The van der Waals surface area contributed by atoms with E-state index in [4.69, 9.17) is 9.47 Å². The molecule has 3 fully saturated rings. The molecule has 1 aliphatic carbocycles. The van der Waals surface area contributed by atoms with E-state index in [1.54, 1.807) is 20.8 Å². The van der Waals surface area contributed by atoms with Crippen LogP contribution < -0.4 is 5.32 Å². The Morgan fingerprint density at radius 2 is 1.85 bits per heavy atom. The van der Waals surface area contributed by atoms with Gasteiger partial charge >= 0.3 is 12.2 Å². The number of nitrogens with zero attached hydrogens (tertiary/aromatic N) is 1. The molecule has 0 unspecified atom stereocenters. The highest BCUT2D eigenvalue weighted by atomic mass is 16.6. The largest absolute Gasteiger partial charge is 0.445 e. The lowest BCUT2D eigenvalue weighted by molar-refractivity contribution is -0.157. The Hall–Kier alpha value is -2.28. The van der Waals surface area contributed by atoms with Crippen molar-refractivity contribution in [2.75, 3.05) is 13.1 Å². The molecule has 0 spiro atoms. The molecule has 7 nitrogen and oxygen atoms in total. The lowest BCUT2D eigenvalue weighted by atomic mass is 9.61. The summed E-state index contributed by atoms with van der Waals surface area (Å²) in [4.78, 5) is 25.9. The Bertz CT molecular complexity index is 677. The summed E-state index contributed by atoms with van der Waals surface area (Å²) in [6.07, 6.45) is -0.236. The number of alkyl carbamates (subject to hydrolysis) is 1. The summed E-state index contributed by atoms with van der Waals surface area (Å²) in [5, 5.41) is 13.3. The van der Waals surface area contributed by atoms with Crippen LogP contribution in [0.4, 0.5) is 9.59 Å². The van der Waals surface area contributed by atoms with Crippen LogP contribution in [0, 0.1) is 0 Å². The first-order valence-corrected chi connectivity index (χ1v) is 8.77. The fourth-order valence-electron chi connectivity index (χ4n) is 3.77. The highest BCUT2D eigenvalue weighted by Crippen LogP contribution is 2.47. The van der Waals surface area contributed by atoms with Gasteiger partial charge in [0, 0.05) is 19.4 Å². The van der Waals surface area contributed by atoms with Crippen molar-refractivity contribution in [1.82, 2.24) is 10.2 Å². The number of fused-ring (bicyclic) bond motifs is 2. The maximum absolute atomic E-state index is 12.3. The summed E-state index contributed by atoms with van der Waals surface area (Å²) < 4.78 is 10.6. The minimum Gasteiger partial charge on any atom is -0.445 e. The van der Waals surface area contributed by atoms with Crippen molar-refractivity contribution in [3.63, 3.8) is 0 Å². The van der Waals surface area contributed by atoms with Crippen LogP contribution in [-0.2, 0) is 16.1 Å². The number of carbonyl (C=O) groups is 2. The summed E-state index contributed by atoms with van der Waals surface area (Å²) in [7, 11) is 0. The van der Waals surface area contributed by atoms with E-state index in [0.717, 1.165) is 5.56 Å². The number of benzene rings is 1. The molecule has 4 rings (SSSR count). The summed E-state index contributed by atoms with van der Waals surface area (Å²) in [6, 6.07) is 9.39. The topological polar surface area (TPSA) is 88.1 Å². The first-order valence-electron chi connectivity index (χ1n) is 8.77. The van der Waals surface area contributed by atoms with Crippen LogP contribution in [0.15, 0.2) is 30.3 Å². The third-order valence-corrected chi connectivity index (χ3v) is 4.55. The van der Waals surface area contributed by atoms with E-state index in [9.17, 15) is 14.7 Å². The van der Waals surface area contributed by atoms with Crippen LogP contribution in [0.2, 0.25) is 0 Å². The number of amides is 2. The van der Waals surface area contributed by atoms with Crippen LogP contribution in [-0.4, -0.2) is 52.0 Å². The van der Waals surface area contributed by atoms with Crippen LogP contribution in [0.1, 0.15) is 39.2 Å². The number of piperidine rings is 2. The first-order chi connectivity index (χ1) is 12.1. The van der Waals surface area contributed by atoms with Crippen molar-refractivity contribution in [2.24, 2.45) is 0 Å². The number of carbonyl (C=O) groups excluding carboxylic acids is 2. The van der Waals surface area contributed by atoms with Crippen molar-refractivity contribution in [2.45, 2.75) is 57.0 Å². The second-order valence-electron chi connectivity index (χ2n) is 8.38. The number of aliphatic hydroxyl groups is 1. The third kappa shape index (κ3) is 4.27. The Labute approximate surface area is 153 Å². The van der Waals surface area contributed by atoms with Gasteiger partial charge in [0.05, 0.1) is 17.7 Å². The van der Waals surface area contributed by atoms with E-state index in [0.29, 0.717) is 19.4 Å². The van der Waals surface area contributed by atoms with Crippen LogP contribution >= 0.6 is 0 Å². The fraction of sp³-hybridized carbons (Fsp3) is 0.579. The normalized spacial score (nSPS) is 27.3. The predicted molar refractivity (Wildman–Crippen MR) is 94.5 cm³/mol. The molecule has 1 aromatic rings. The van der Waals surface area contributed by atoms with Gasteiger partial charge in [-0.25, -0.2) is 9.59 Å². The minimum absolute atomic E-state index is 0.169. The monoisotopic (exact) mass is 362 g/mol. The van der Waals surface area contributed by atoms with Crippen molar-refractivity contribution in [3.8, 4) is 0 Å². The third-order valence-electron chi connectivity index (χ3n) is 4.55. The molecule has 2 aliphatic heterocycles. The molecule has 142 valence electrons. The highest BCUT2D eigenvalue weighted by molar-refractivity contribution is 5.71. The van der Waals surface area contributed by atoms with Gasteiger partial charge in [0.15, 0.2) is 0 Å². The molecule has 0 aromatic heterocycles. The molecule has 2 saturated heterocycles. The minimum atomic E-state index is -0.984. The lowest BCUT2D eigenvalue weighted by Gasteiger charge is -2.60. The second-order valence-corrected chi connectivity index (χ2v) is 8.38. The molecule has 1 saturated carbocycles. The average Bonchev–Trinajstić information content (AvgIpc) is 2.50. The van der Waals surface area contributed by atoms with Gasteiger partial charge in [-0.1, -0.05) is 30.3 Å². The van der Waals surface area contributed by atoms with Gasteiger partial charge in [-0.05, 0) is 26.3 Å². The molecular weight excluding hydrogens is 336 g/mol. The van der Waals surface area contributed by atoms with E-state index in [-0.39, 0.29) is 13.2 Å². The smallest absolute Gasteiger partial charge is 0.410 e. The van der Waals surface area contributed by atoms with E-state index >= 15 is 0 Å². The van der Waals surface area contributed by atoms with Gasteiger partial charge in [-0.3, -0.25) is 0 Å². The number of ether oxygens (including phenoxy) is 2. The lowest BCUT2D eigenvalue weighted by Crippen LogP contribution is -2.77. The standard InChI is InChI=1S/C19H26N2O5/c1-17(2,3)26-16(23)21-12-18(10-19(24,11-18)13-21)20-15(22)25-9-14-7-5-4-6-8-14/h4-8,24H,9-13H2,1-3H3,(H,20,22). The second kappa shape index (κ2) is 6.46. The van der Waals surface area contributed by atoms with E-state index in [1.807, 2.05) is 30.3 Å². The van der Waals surface area contributed by atoms with Crippen molar-refractivity contribution in [3.05, 3.63) is 35.9 Å².